The van der Waals surface area contributed by atoms with E-state index in [1.165, 1.54) is 18.0 Å². The minimum Gasteiger partial charge on any atom is -0.394 e. The second-order valence-corrected chi connectivity index (χ2v) is 9.50. The van der Waals surface area contributed by atoms with Crippen LogP contribution in [0.1, 0.15) is 11.6 Å². The molecule has 2 aromatic carbocycles. The number of rotatable bonds is 6. The van der Waals surface area contributed by atoms with Gasteiger partial charge in [0.1, 0.15) is 35.5 Å². The van der Waals surface area contributed by atoms with Gasteiger partial charge in [0, 0.05) is 11.3 Å². The number of aromatic nitrogens is 3. The van der Waals surface area contributed by atoms with E-state index in [9.17, 15) is 28.5 Å². The highest BCUT2D eigenvalue weighted by molar-refractivity contribution is 7.99. The largest absolute Gasteiger partial charge is 0.394 e. The van der Waals surface area contributed by atoms with Crippen LogP contribution in [0.15, 0.2) is 36.5 Å². The fraction of sp³-hybridized carbons (Fsp3) is 0.333. The number of hydrogen-bond donors (Lipinski definition) is 3. The van der Waals surface area contributed by atoms with E-state index in [-0.39, 0.29) is 11.3 Å². The van der Waals surface area contributed by atoms with E-state index < -0.39 is 53.8 Å². The van der Waals surface area contributed by atoms with Gasteiger partial charge in [0.15, 0.2) is 17.5 Å². The summed E-state index contributed by atoms with van der Waals surface area (Å²) in [5, 5.41) is 39.8. The summed E-state index contributed by atoms with van der Waals surface area (Å²) >= 11 is 13.2. The van der Waals surface area contributed by atoms with Crippen LogP contribution < -0.4 is 0 Å². The summed E-state index contributed by atoms with van der Waals surface area (Å²) in [5.74, 6) is -4.03. The molecule has 3 N–H and O–H groups in total. The van der Waals surface area contributed by atoms with Crippen LogP contribution in [-0.4, -0.2) is 60.7 Å². The lowest BCUT2D eigenvalue weighted by Gasteiger charge is -2.41. The molecule has 0 amide bonds. The van der Waals surface area contributed by atoms with Gasteiger partial charge in [-0.25, -0.2) is 17.9 Å². The summed E-state index contributed by atoms with van der Waals surface area (Å²) in [6.45, 7) is -0.538. The Morgan fingerprint density at radius 3 is 2.38 bits per heavy atom. The summed E-state index contributed by atoms with van der Waals surface area (Å²) in [4.78, 5) is 0. The highest BCUT2D eigenvalue weighted by atomic mass is 35.5. The summed E-state index contributed by atoms with van der Waals surface area (Å²) in [6, 6.07) is 5.49. The van der Waals surface area contributed by atoms with Gasteiger partial charge in [0.05, 0.1) is 22.8 Å². The van der Waals surface area contributed by atoms with Crippen molar-refractivity contribution >= 4 is 35.0 Å². The molecule has 0 spiro atoms. The molecule has 13 heteroatoms. The maximum atomic E-state index is 13.6. The first kappa shape index (κ1) is 25.2. The minimum absolute atomic E-state index is 0.00995. The van der Waals surface area contributed by atoms with Crippen molar-refractivity contribution in [2.75, 3.05) is 6.61 Å². The summed E-state index contributed by atoms with van der Waals surface area (Å²) in [7, 11) is 0. The fourth-order valence-electron chi connectivity index (χ4n) is 3.58. The molecule has 0 bridgehead atoms. The van der Waals surface area contributed by atoms with Crippen molar-refractivity contribution in [3.05, 3.63) is 69.6 Å². The average Bonchev–Trinajstić information content (AvgIpc) is 3.29. The maximum Gasteiger partial charge on any atom is 0.194 e. The lowest BCUT2D eigenvalue weighted by Crippen LogP contribution is -2.55. The lowest BCUT2D eigenvalue weighted by molar-refractivity contribution is -0.178. The van der Waals surface area contributed by atoms with Gasteiger partial charge in [0.2, 0.25) is 0 Å². The first-order valence-electron chi connectivity index (χ1n) is 9.94. The van der Waals surface area contributed by atoms with Crippen LogP contribution in [0.25, 0.3) is 11.3 Å². The molecule has 5 atom stereocenters. The number of thioether (sulfide) groups is 1. The monoisotopic (exact) mass is 535 g/mol. The van der Waals surface area contributed by atoms with Crippen LogP contribution in [0.3, 0.4) is 0 Å². The molecule has 1 saturated heterocycles. The number of halogens is 5. The smallest absolute Gasteiger partial charge is 0.194 e. The fourth-order valence-corrected chi connectivity index (χ4v) is 5.02. The predicted molar refractivity (Wildman–Crippen MR) is 120 cm³/mol. The van der Waals surface area contributed by atoms with Gasteiger partial charge in [-0.05, 0) is 29.8 Å². The lowest BCUT2D eigenvalue weighted by atomic mass is 9.97. The number of benzene rings is 2. The average molecular weight is 536 g/mol. The Morgan fingerprint density at radius 2 is 1.74 bits per heavy atom. The van der Waals surface area contributed by atoms with Crippen molar-refractivity contribution in [1.29, 1.82) is 0 Å². The first-order valence-corrected chi connectivity index (χ1v) is 11.7. The molecule has 2 unspecified atom stereocenters. The van der Waals surface area contributed by atoms with Gasteiger partial charge >= 0.3 is 0 Å². The number of aliphatic hydroxyl groups excluding tert-OH is 3. The van der Waals surface area contributed by atoms with Crippen molar-refractivity contribution in [2.45, 2.75) is 35.5 Å². The molecule has 1 aliphatic rings. The number of aliphatic hydroxyl groups is 3. The topological polar surface area (TPSA) is 101 Å². The Bertz CT molecular complexity index is 1160. The minimum atomic E-state index is -1.61. The Kier molecular flexibility index (Phi) is 7.72. The molecule has 1 fully saturated rings. The van der Waals surface area contributed by atoms with Crippen LogP contribution in [-0.2, 0) is 10.5 Å². The van der Waals surface area contributed by atoms with E-state index >= 15 is 0 Å². The SMILES string of the molecule is OCC1O[C@H](SCc2ccc(Cl)c(Cl)c2)[C@@H](O)C(n2cc(-c3cc(F)c(F)c(F)c3)nn2)[C@H]1O. The second kappa shape index (κ2) is 10.4. The standard InChI is InChI=1S/C21H18Cl2F3N3O4S/c22-11-2-1-9(3-12(11)23)8-34-21-20(32)18(19(31)16(7-30)33-21)29-6-15(27-28-29)10-4-13(24)17(26)14(25)5-10/h1-6,16,18-21,30-32H,7-8H2/t16?,18?,19-,20-,21+/m0/s1. The zero-order valence-electron chi connectivity index (χ0n) is 17.2. The van der Waals surface area contributed by atoms with Crippen LogP contribution in [0, 0.1) is 17.5 Å². The Hall–Kier alpha value is -1.86. The Labute approximate surface area is 206 Å². The van der Waals surface area contributed by atoms with Crippen LogP contribution in [0.5, 0.6) is 0 Å². The predicted octanol–water partition coefficient (Wildman–Crippen LogP) is 3.58. The molecule has 2 heterocycles. The van der Waals surface area contributed by atoms with Gasteiger partial charge in [-0.3, -0.25) is 0 Å². The molecule has 182 valence electrons. The Morgan fingerprint density at radius 1 is 1.03 bits per heavy atom. The van der Waals surface area contributed by atoms with Crippen molar-refractivity contribution in [3.8, 4) is 11.3 Å². The molecule has 7 nitrogen and oxygen atoms in total. The van der Waals surface area contributed by atoms with Crippen molar-refractivity contribution in [1.82, 2.24) is 15.0 Å². The highest BCUT2D eigenvalue weighted by Crippen LogP contribution is 2.37. The second-order valence-electron chi connectivity index (χ2n) is 7.59. The molecular weight excluding hydrogens is 518 g/mol. The molecule has 34 heavy (non-hydrogen) atoms. The molecule has 4 rings (SSSR count). The summed E-state index contributed by atoms with van der Waals surface area (Å²) in [6.07, 6.45) is -2.48. The summed E-state index contributed by atoms with van der Waals surface area (Å²) < 4.78 is 47.3. The van der Waals surface area contributed by atoms with Crippen LogP contribution in [0.2, 0.25) is 10.0 Å². The third-order valence-electron chi connectivity index (χ3n) is 5.34. The van der Waals surface area contributed by atoms with Gasteiger partial charge in [-0.2, -0.15) is 0 Å². The molecule has 0 aliphatic carbocycles. The van der Waals surface area contributed by atoms with Crippen LogP contribution >= 0.6 is 35.0 Å². The van der Waals surface area contributed by atoms with Gasteiger partial charge < -0.3 is 20.1 Å². The van der Waals surface area contributed by atoms with Crippen LogP contribution in [0.4, 0.5) is 13.2 Å². The van der Waals surface area contributed by atoms with E-state index in [1.807, 2.05) is 0 Å². The number of hydrogen-bond acceptors (Lipinski definition) is 7. The van der Waals surface area contributed by atoms with E-state index in [0.717, 1.165) is 22.4 Å². The zero-order valence-corrected chi connectivity index (χ0v) is 19.5. The van der Waals surface area contributed by atoms with Crippen molar-refractivity contribution in [3.63, 3.8) is 0 Å². The molecule has 1 aromatic heterocycles. The molecule has 0 saturated carbocycles. The van der Waals surface area contributed by atoms with E-state index in [1.54, 1.807) is 18.2 Å². The van der Waals surface area contributed by atoms with Gasteiger partial charge in [0.25, 0.3) is 0 Å². The zero-order chi connectivity index (χ0) is 24.6. The normalized spacial score (nSPS) is 25.0. The molecule has 3 aromatic rings. The maximum absolute atomic E-state index is 13.6. The molecule has 1 aliphatic heterocycles. The van der Waals surface area contributed by atoms with E-state index in [0.29, 0.717) is 15.8 Å². The van der Waals surface area contributed by atoms with Crippen molar-refractivity contribution < 1.29 is 33.2 Å². The molecular formula is C21H18Cl2F3N3O4S. The summed E-state index contributed by atoms with van der Waals surface area (Å²) in [5.41, 5.74) is -0.164. The third-order valence-corrected chi connectivity index (χ3v) is 7.30. The number of nitrogens with zero attached hydrogens (tertiary/aromatic N) is 3. The quantitative estimate of drug-likeness (QED) is 0.414. The van der Waals surface area contributed by atoms with Gasteiger partial charge in [-0.15, -0.1) is 16.9 Å². The van der Waals surface area contributed by atoms with E-state index in [4.69, 9.17) is 27.9 Å². The van der Waals surface area contributed by atoms with Crippen molar-refractivity contribution in [2.24, 2.45) is 0 Å². The number of ether oxygens (including phenoxy) is 1. The van der Waals surface area contributed by atoms with E-state index in [2.05, 4.69) is 10.3 Å². The highest BCUT2D eigenvalue weighted by Gasteiger charge is 2.46. The third kappa shape index (κ3) is 5.06. The Balaban J connectivity index is 1.57. The van der Waals surface area contributed by atoms with Gasteiger partial charge in [-0.1, -0.05) is 34.5 Å². The molecule has 0 radical (unpaired) electrons. The first-order chi connectivity index (χ1) is 16.2.